The van der Waals surface area contributed by atoms with Gasteiger partial charge in [0.15, 0.2) is 0 Å². The summed E-state index contributed by atoms with van der Waals surface area (Å²) in [7, 11) is 0. The standard InChI is InChI=1S/C11H23N3O/c1-4-10(9(7-13)5-6-12)14-11(15)8(2)3/h9-10H,2,4-7,12-13H2,1,3H3,(H,14,15). The van der Waals surface area contributed by atoms with Gasteiger partial charge in [0.2, 0.25) is 5.91 Å². The number of rotatable bonds is 7. The van der Waals surface area contributed by atoms with Gasteiger partial charge in [-0.05, 0) is 38.8 Å². The molecule has 0 aliphatic carbocycles. The molecule has 0 fully saturated rings. The Morgan fingerprint density at radius 2 is 2.07 bits per heavy atom. The highest BCUT2D eigenvalue weighted by atomic mass is 16.1. The monoisotopic (exact) mass is 213 g/mol. The summed E-state index contributed by atoms with van der Waals surface area (Å²) < 4.78 is 0. The third kappa shape index (κ3) is 4.95. The molecule has 5 N–H and O–H groups in total. The molecule has 2 atom stereocenters. The summed E-state index contributed by atoms with van der Waals surface area (Å²) in [4.78, 5) is 11.5. The van der Waals surface area contributed by atoms with Crippen molar-refractivity contribution in [1.82, 2.24) is 5.32 Å². The van der Waals surface area contributed by atoms with Crippen molar-refractivity contribution in [3.05, 3.63) is 12.2 Å². The van der Waals surface area contributed by atoms with Crippen LogP contribution >= 0.6 is 0 Å². The van der Waals surface area contributed by atoms with E-state index >= 15 is 0 Å². The van der Waals surface area contributed by atoms with Crippen LogP contribution < -0.4 is 16.8 Å². The Balaban J connectivity index is 4.32. The highest BCUT2D eigenvalue weighted by Crippen LogP contribution is 2.10. The van der Waals surface area contributed by atoms with E-state index in [9.17, 15) is 4.79 Å². The fourth-order valence-corrected chi connectivity index (χ4v) is 1.54. The molecule has 4 nitrogen and oxygen atoms in total. The summed E-state index contributed by atoms with van der Waals surface area (Å²) in [6, 6.07) is 0.0998. The number of carbonyl (C=O) groups is 1. The van der Waals surface area contributed by atoms with Crippen molar-refractivity contribution in [3.8, 4) is 0 Å². The molecular formula is C11H23N3O. The number of nitrogens with two attached hydrogens (primary N) is 2. The molecule has 2 unspecified atom stereocenters. The van der Waals surface area contributed by atoms with E-state index < -0.39 is 0 Å². The molecule has 0 aromatic carbocycles. The summed E-state index contributed by atoms with van der Waals surface area (Å²) in [6.45, 7) is 8.48. The van der Waals surface area contributed by atoms with Crippen molar-refractivity contribution in [2.24, 2.45) is 17.4 Å². The van der Waals surface area contributed by atoms with Gasteiger partial charge in [0, 0.05) is 11.6 Å². The van der Waals surface area contributed by atoms with Gasteiger partial charge in [-0.1, -0.05) is 13.5 Å². The first-order valence-electron chi connectivity index (χ1n) is 5.43. The second kappa shape index (κ2) is 7.43. The molecule has 0 aromatic heterocycles. The largest absolute Gasteiger partial charge is 0.349 e. The molecule has 0 rings (SSSR count). The summed E-state index contributed by atoms with van der Waals surface area (Å²) in [5.41, 5.74) is 11.7. The van der Waals surface area contributed by atoms with E-state index in [1.165, 1.54) is 0 Å². The molecule has 0 bridgehead atoms. The Morgan fingerprint density at radius 1 is 1.47 bits per heavy atom. The van der Waals surface area contributed by atoms with Gasteiger partial charge in [0.05, 0.1) is 0 Å². The molecular weight excluding hydrogens is 190 g/mol. The molecule has 0 saturated heterocycles. The first-order chi connectivity index (χ1) is 7.06. The van der Waals surface area contributed by atoms with E-state index in [1.54, 1.807) is 6.92 Å². The second-order valence-electron chi connectivity index (χ2n) is 3.84. The van der Waals surface area contributed by atoms with Crippen molar-refractivity contribution in [1.29, 1.82) is 0 Å². The van der Waals surface area contributed by atoms with Gasteiger partial charge in [-0.2, -0.15) is 0 Å². The van der Waals surface area contributed by atoms with E-state index in [0.29, 0.717) is 18.7 Å². The van der Waals surface area contributed by atoms with Crippen LogP contribution in [0.5, 0.6) is 0 Å². The lowest BCUT2D eigenvalue weighted by atomic mass is 9.94. The van der Waals surface area contributed by atoms with Gasteiger partial charge in [-0.15, -0.1) is 0 Å². The third-order valence-electron chi connectivity index (χ3n) is 2.55. The van der Waals surface area contributed by atoms with Crippen LogP contribution in [0.2, 0.25) is 0 Å². The lowest BCUT2D eigenvalue weighted by molar-refractivity contribution is -0.118. The minimum absolute atomic E-state index is 0.0997. The predicted molar refractivity (Wildman–Crippen MR) is 63.3 cm³/mol. The molecule has 0 saturated carbocycles. The highest BCUT2D eigenvalue weighted by molar-refractivity contribution is 5.92. The maximum Gasteiger partial charge on any atom is 0.246 e. The Bertz CT molecular complexity index is 216. The SMILES string of the molecule is C=C(C)C(=O)NC(CC)C(CN)CCN. The first kappa shape index (κ1) is 14.1. The zero-order valence-electron chi connectivity index (χ0n) is 9.75. The fourth-order valence-electron chi connectivity index (χ4n) is 1.54. The molecule has 0 aliphatic rings. The molecule has 0 radical (unpaired) electrons. The van der Waals surface area contributed by atoms with Gasteiger partial charge < -0.3 is 16.8 Å². The first-order valence-corrected chi connectivity index (χ1v) is 5.43. The number of hydrogen-bond acceptors (Lipinski definition) is 3. The topological polar surface area (TPSA) is 81.1 Å². The molecule has 88 valence electrons. The van der Waals surface area contributed by atoms with Crippen LogP contribution in [0.3, 0.4) is 0 Å². The van der Waals surface area contributed by atoms with Gasteiger partial charge in [-0.3, -0.25) is 4.79 Å². The number of amides is 1. The highest BCUT2D eigenvalue weighted by Gasteiger charge is 2.19. The van der Waals surface area contributed by atoms with E-state index in [0.717, 1.165) is 12.8 Å². The lowest BCUT2D eigenvalue weighted by Crippen LogP contribution is -2.43. The van der Waals surface area contributed by atoms with Crippen LogP contribution in [0.4, 0.5) is 0 Å². The van der Waals surface area contributed by atoms with E-state index in [-0.39, 0.29) is 17.9 Å². The maximum atomic E-state index is 11.5. The summed E-state index contributed by atoms with van der Waals surface area (Å²) in [6.07, 6.45) is 1.70. The van der Waals surface area contributed by atoms with Crippen LogP contribution in [0.1, 0.15) is 26.7 Å². The Labute approximate surface area is 92.1 Å². The van der Waals surface area contributed by atoms with Crippen LogP contribution in [-0.2, 0) is 4.79 Å². The average Bonchev–Trinajstić information content (AvgIpc) is 2.22. The Morgan fingerprint density at radius 3 is 2.40 bits per heavy atom. The number of hydrogen-bond donors (Lipinski definition) is 3. The fraction of sp³-hybridized carbons (Fsp3) is 0.727. The van der Waals surface area contributed by atoms with Crippen LogP contribution in [-0.4, -0.2) is 25.0 Å². The minimum atomic E-state index is -0.0997. The van der Waals surface area contributed by atoms with Gasteiger partial charge >= 0.3 is 0 Å². The van der Waals surface area contributed by atoms with Crippen LogP contribution in [0.15, 0.2) is 12.2 Å². The summed E-state index contributed by atoms with van der Waals surface area (Å²) >= 11 is 0. The molecule has 4 heteroatoms. The second-order valence-corrected chi connectivity index (χ2v) is 3.84. The average molecular weight is 213 g/mol. The van der Waals surface area contributed by atoms with Crippen molar-refractivity contribution in [3.63, 3.8) is 0 Å². The van der Waals surface area contributed by atoms with E-state index in [4.69, 9.17) is 11.5 Å². The third-order valence-corrected chi connectivity index (χ3v) is 2.55. The van der Waals surface area contributed by atoms with Crippen molar-refractivity contribution in [2.75, 3.05) is 13.1 Å². The van der Waals surface area contributed by atoms with Crippen LogP contribution in [0.25, 0.3) is 0 Å². The zero-order chi connectivity index (χ0) is 11.8. The summed E-state index contributed by atoms with van der Waals surface area (Å²) in [5.74, 6) is 0.153. The molecule has 0 aliphatic heterocycles. The Hall–Kier alpha value is -0.870. The molecule has 0 spiro atoms. The lowest BCUT2D eigenvalue weighted by Gasteiger charge is -2.25. The van der Waals surface area contributed by atoms with Gasteiger partial charge in [0.1, 0.15) is 0 Å². The van der Waals surface area contributed by atoms with Crippen molar-refractivity contribution >= 4 is 5.91 Å². The minimum Gasteiger partial charge on any atom is -0.349 e. The number of carbonyl (C=O) groups excluding carboxylic acids is 1. The smallest absolute Gasteiger partial charge is 0.246 e. The van der Waals surface area contributed by atoms with Gasteiger partial charge in [0.25, 0.3) is 0 Å². The zero-order valence-corrected chi connectivity index (χ0v) is 9.75. The van der Waals surface area contributed by atoms with Crippen LogP contribution in [0, 0.1) is 5.92 Å². The van der Waals surface area contributed by atoms with Crippen molar-refractivity contribution in [2.45, 2.75) is 32.7 Å². The Kier molecular flexibility index (Phi) is 6.99. The van der Waals surface area contributed by atoms with E-state index in [1.807, 2.05) is 6.92 Å². The van der Waals surface area contributed by atoms with Gasteiger partial charge in [-0.25, -0.2) is 0 Å². The quantitative estimate of drug-likeness (QED) is 0.535. The maximum absolute atomic E-state index is 11.5. The predicted octanol–water partition coefficient (Wildman–Crippen LogP) is 0.381. The summed E-state index contributed by atoms with van der Waals surface area (Å²) in [5, 5.41) is 2.93. The molecule has 1 amide bonds. The molecule has 0 heterocycles. The van der Waals surface area contributed by atoms with E-state index in [2.05, 4.69) is 11.9 Å². The number of nitrogens with one attached hydrogen (secondary N) is 1. The molecule has 15 heavy (non-hydrogen) atoms. The normalized spacial score (nSPS) is 14.4. The molecule has 0 aromatic rings. The van der Waals surface area contributed by atoms with Crippen molar-refractivity contribution < 1.29 is 4.79 Å².